The number of hydrogen-bond acceptors (Lipinski definition) is 5. The molecule has 0 saturated heterocycles. The van der Waals surface area contributed by atoms with E-state index in [1.165, 1.54) is 0 Å². The molecule has 3 aromatic rings. The van der Waals surface area contributed by atoms with Gasteiger partial charge < -0.3 is 10.1 Å². The highest BCUT2D eigenvalue weighted by molar-refractivity contribution is 7.80. The summed E-state index contributed by atoms with van der Waals surface area (Å²) in [5.41, 5.74) is 2.27. The van der Waals surface area contributed by atoms with E-state index in [1.54, 1.807) is 42.2 Å². The van der Waals surface area contributed by atoms with E-state index < -0.39 is 0 Å². The van der Waals surface area contributed by atoms with Gasteiger partial charge in [-0.3, -0.25) is 5.32 Å². The van der Waals surface area contributed by atoms with Gasteiger partial charge in [0.05, 0.1) is 18.7 Å². The SMILES string of the molecule is CCOC(=O)c1ccc(NC(=S)Nc2ncn(Cc3ccc(Cl)cc3)n2)cc1. The lowest BCUT2D eigenvalue weighted by Crippen LogP contribution is -2.20. The Hall–Kier alpha value is -2.97. The van der Waals surface area contributed by atoms with Gasteiger partial charge in [-0.2, -0.15) is 0 Å². The number of aromatic nitrogens is 3. The van der Waals surface area contributed by atoms with E-state index in [0.717, 1.165) is 11.3 Å². The van der Waals surface area contributed by atoms with Crippen LogP contribution in [0.4, 0.5) is 11.6 Å². The monoisotopic (exact) mass is 415 g/mol. The Morgan fingerprint density at radius 2 is 1.86 bits per heavy atom. The minimum Gasteiger partial charge on any atom is -0.462 e. The number of nitrogens with one attached hydrogen (secondary N) is 2. The summed E-state index contributed by atoms with van der Waals surface area (Å²) in [6.45, 7) is 2.68. The van der Waals surface area contributed by atoms with E-state index >= 15 is 0 Å². The summed E-state index contributed by atoms with van der Waals surface area (Å²) in [5.74, 6) is 0.0276. The fourth-order valence-electron chi connectivity index (χ4n) is 2.37. The molecule has 3 rings (SSSR count). The van der Waals surface area contributed by atoms with Crippen LogP contribution in [0.3, 0.4) is 0 Å². The lowest BCUT2D eigenvalue weighted by Gasteiger charge is -2.08. The Bertz CT molecular complexity index is 957. The molecule has 0 aliphatic heterocycles. The van der Waals surface area contributed by atoms with Crippen LogP contribution in [0, 0.1) is 0 Å². The van der Waals surface area contributed by atoms with Gasteiger partial charge in [-0.25, -0.2) is 14.5 Å². The number of anilines is 2. The molecule has 144 valence electrons. The maximum Gasteiger partial charge on any atom is 0.338 e. The minimum atomic E-state index is -0.356. The molecule has 2 N–H and O–H groups in total. The summed E-state index contributed by atoms with van der Waals surface area (Å²) in [6.07, 6.45) is 1.62. The molecule has 0 unspecified atom stereocenters. The van der Waals surface area contributed by atoms with Crippen molar-refractivity contribution in [1.29, 1.82) is 0 Å². The predicted molar refractivity (Wildman–Crippen MR) is 113 cm³/mol. The summed E-state index contributed by atoms with van der Waals surface area (Å²) >= 11 is 11.2. The zero-order chi connectivity index (χ0) is 19.9. The molecule has 28 heavy (non-hydrogen) atoms. The minimum absolute atomic E-state index is 0.338. The van der Waals surface area contributed by atoms with Gasteiger partial charge in [0.1, 0.15) is 6.33 Å². The van der Waals surface area contributed by atoms with Gasteiger partial charge in [0.25, 0.3) is 0 Å². The zero-order valence-corrected chi connectivity index (χ0v) is 16.6. The molecule has 0 spiro atoms. The molecule has 0 radical (unpaired) electrons. The van der Waals surface area contributed by atoms with Crippen LogP contribution >= 0.6 is 23.8 Å². The Morgan fingerprint density at radius 1 is 1.14 bits per heavy atom. The Balaban J connectivity index is 1.54. The van der Waals surface area contributed by atoms with Crippen LogP contribution in [0.25, 0.3) is 0 Å². The average Bonchev–Trinajstić information content (AvgIpc) is 3.11. The van der Waals surface area contributed by atoms with E-state index in [2.05, 4.69) is 20.7 Å². The maximum absolute atomic E-state index is 11.7. The zero-order valence-electron chi connectivity index (χ0n) is 15.1. The Kier molecular flexibility index (Phi) is 6.57. The van der Waals surface area contributed by atoms with Crippen LogP contribution < -0.4 is 10.6 Å². The highest BCUT2D eigenvalue weighted by Gasteiger charge is 2.07. The van der Waals surface area contributed by atoms with Crippen LogP contribution in [0.1, 0.15) is 22.8 Å². The highest BCUT2D eigenvalue weighted by atomic mass is 35.5. The maximum atomic E-state index is 11.7. The predicted octanol–water partition coefficient (Wildman–Crippen LogP) is 3.97. The van der Waals surface area contributed by atoms with Crippen molar-refractivity contribution in [2.75, 3.05) is 17.2 Å². The first-order chi connectivity index (χ1) is 13.5. The lowest BCUT2D eigenvalue weighted by molar-refractivity contribution is 0.0526. The van der Waals surface area contributed by atoms with Gasteiger partial charge in [-0.05, 0) is 61.1 Å². The largest absolute Gasteiger partial charge is 0.462 e. The molecule has 7 nitrogen and oxygen atoms in total. The number of rotatable bonds is 6. The van der Waals surface area contributed by atoms with E-state index in [9.17, 15) is 4.79 Å². The van der Waals surface area contributed by atoms with Crippen molar-refractivity contribution >= 4 is 46.5 Å². The van der Waals surface area contributed by atoms with Gasteiger partial charge in [-0.1, -0.05) is 23.7 Å². The van der Waals surface area contributed by atoms with Crippen molar-refractivity contribution in [1.82, 2.24) is 14.8 Å². The normalized spacial score (nSPS) is 10.4. The van der Waals surface area contributed by atoms with Gasteiger partial charge in [0.15, 0.2) is 5.11 Å². The van der Waals surface area contributed by atoms with Crippen molar-refractivity contribution in [2.45, 2.75) is 13.5 Å². The van der Waals surface area contributed by atoms with Crippen molar-refractivity contribution in [3.8, 4) is 0 Å². The van der Waals surface area contributed by atoms with Crippen LogP contribution in [-0.4, -0.2) is 32.5 Å². The van der Waals surface area contributed by atoms with Crippen LogP contribution in [0.2, 0.25) is 5.02 Å². The molecule has 0 fully saturated rings. The number of ether oxygens (including phenoxy) is 1. The summed E-state index contributed by atoms with van der Waals surface area (Å²) in [4.78, 5) is 15.9. The molecular formula is C19H18ClN5O2S. The molecule has 0 aliphatic carbocycles. The molecule has 1 heterocycles. The molecular weight excluding hydrogens is 398 g/mol. The third kappa shape index (κ3) is 5.51. The lowest BCUT2D eigenvalue weighted by atomic mass is 10.2. The smallest absolute Gasteiger partial charge is 0.338 e. The Labute approximate surface area is 172 Å². The van der Waals surface area contributed by atoms with Crippen LogP contribution in [0.5, 0.6) is 0 Å². The number of carbonyl (C=O) groups excluding carboxylic acids is 1. The van der Waals surface area contributed by atoms with Crippen molar-refractivity contribution in [3.05, 3.63) is 71.0 Å². The number of halogens is 1. The second kappa shape index (κ2) is 9.29. The number of hydrogen-bond donors (Lipinski definition) is 2. The molecule has 0 bridgehead atoms. The second-order valence-electron chi connectivity index (χ2n) is 5.77. The topological polar surface area (TPSA) is 81.1 Å². The third-order valence-corrected chi connectivity index (χ3v) is 4.13. The first-order valence-corrected chi connectivity index (χ1v) is 9.31. The van der Waals surface area contributed by atoms with E-state index in [1.807, 2.05) is 24.3 Å². The standard InChI is InChI=1S/C19H18ClN5O2S/c1-2-27-17(26)14-5-9-16(10-6-14)22-19(28)23-18-21-12-25(24-18)11-13-3-7-15(20)8-4-13/h3-10,12H,2,11H2,1H3,(H2,22,23,24,28). The van der Waals surface area contributed by atoms with Crippen molar-refractivity contribution in [2.24, 2.45) is 0 Å². The number of nitrogens with zero attached hydrogens (tertiary/aromatic N) is 3. The summed E-state index contributed by atoms with van der Waals surface area (Å²) in [5, 5.41) is 11.3. The van der Waals surface area contributed by atoms with E-state index in [4.69, 9.17) is 28.6 Å². The number of benzene rings is 2. The quantitative estimate of drug-likeness (QED) is 0.465. The van der Waals surface area contributed by atoms with Crippen molar-refractivity contribution < 1.29 is 9.53 Å². The highest BCUT2D eigenvalue weighted by Crippen LogP contribution is 2.12. The Morgan fingerprint density at radius 3 is 2.54 bits per heavy atom. The first-order valence-electron chi connectivity index (χ1n) is 8.52. The van der Waals surface area contributed by atoms with E-state index in [-0.39, 0.29) is 5.97 Å². The van der Waals surface area contributed by atoms with Crippen LogP contribution in [-0.2, 0) is 11.3 Å². The van der Waals surface area contributed by atoms with Gasteiger partial charge >= 0.3 is 5.97 Å². The average molecular weight is 416 g/mol. The summed E-state index contributed by atoms with van der Waals surface area (Å²) in [6, 6.07) is 14.4. The van der Waals surface area contributed by atoms with Gasteiger partial charge in [0.2, 0.25) is 5.95 Å². The first kappa shape index (κ1) is 19.8. The molecule has 0 atom stereocenters. The molecule has 2 aromatic carbocycles. The fraction of sp³-hybridized carbons (Fsp3) is 0.158. The fourth-order valence-corrected chi connectivity index (χ4v) is 2.71. The van der Waals surface area contributed by atoms with Crippen LogP contribution in [0.15, 0.2) is 54.9 Å². The van der Waals surface area contributed by atoms with Gasteiger partial charge in [0, 0.05) is 10.7 Å². The molecule has 0 aliphatic rings. The summed E-state index contributed by atoms with van der Waals surface area (Å²) < 4.78 is 6.65. The number of esters is 1. The van der Waals surface area contributed by atoms with E-state index in [0.29, 0.717) is 34.8 Å². The molecule has 0 amide bonds. The number of carbonyl (C=O) groups is 1. The van der Waals surface area contributed by atoms with Crippen molar-refractivity contribution in [3.63, 3.8) is 0 Å². The molecule has 1 aromatic heterocycles. The second-order valence-corrected chi connectivity index (χ2v) is 6.61. The number of thiocarbonyl (C=S) groups is 1. The summed E-state index contributed by atoms with van der Waals surface area (Å²) in [7, 11) is 0. The molecule has 0 saturated carbocycles. The molecule has 9 heteroatoms. The third-order valence-electron chi connectivity index (χ3n) is 3.67. The van der Waals surface area contributed by atoms with Gasteiger partial charge in [-0.15, -0.1) is 5.10 Å².